The number of aromatic nitrogens is 2. The maximum Gasteiger partial charge on any atom is 0.414 e. The van der Waals surface area contributed by atoms with Gasteiger partial charge in [0, 0.05) is 11.3 Å². The van der Waals surface area contributed by atoms with E-state index >= 15 is 0 Å². The molecule has 1 N–H and O–H groups in total. The average molecular weight is 773 g/mol. The molecular formula is C44H44N4O7S. The highest BCUT2D eigenvalue weighted by Crippen LogP contribution is 2.29. The first-order chi connectivity index (χ1) is 27.0. The molecule has 12 heteroatoms. The first kappa shape index (κ1) is 39.4. The van der Waals surface area contributed by atoms with Crippen molar-refractivity contribution in [1.82, 2.24) is 14.3 Å². The quantitative estimate of drug-likeness (QED) is 0.112. The summed E-state index contributed by atoms with van der Waals surface area (Å²) in [4.78, 5) is 47.0. The van der Waals surface area contributed by atoms with Crippen LogP contribution < -0.4 is 19.9 Å². The summed E-state index contributed by atoms with van der Waals surface area (Å²) in [5.74, 6) is -0.277. The van der Waals surface area contributed by atoms with E-state index in [1.54, 1.807) is 78.9 Å². The van der Waals surface area contributed by atoms with Crippen LogP contribution in [0.2, 0.25) is 0 Å². The summed E-state index contributed by atoms with van der Waals surface area (Å²) in [6, 6.07) is 36.5. The van der Waals surface area contributed by atoms with Gasteiger partial charge in [-0.25, -0.2) is 22.9 Å². The molecule has 6 rings (SSSR count). The van der Waals surface area contributed by atoms with Crippen LogP contribution in [0.25, 0.3) is 10.9 Å². The lowest BCUT2D eigenvalue weighted by molar-refractivity contribution is -0.126. The molecule has 0 spiro atoms. The Labute approximate surface area is 326 Å². The molecule has 5 aromatic carbocycles. The van der Waals surface area contributed by atoms with E-state index in [4.69, 9.17) is 9.47 Å². The molecular weight excluding hydrogens is 729 g/mol. The van der Waals surface area contributed by atoms with Crippen LogP contribution in [0, 0.1) is 5.92 Å². The number of nitrogens with one attached hydrogen (secondary N) is 1. The summed E-state index contributed by atoms with van der Waals surface area (Å²) in [5.41, 5.74) is 3.65. The lowest BCUT2D eigenvalue weighted by atomic mass is 10.0. The summed E-state index contributed by atoms with van der Waals surface area (Å²) < 4.78 is 41.8. The average Bonchev–Trinajstić information content (AvgIpc) is 3.20. The zero-order valence-corrected chi connectivity index (χ0v) is 32.3. The third kappa shape index (κ3) is 9.69. The van der Waals surface area contributed by atoms with Gasteiger partial charge in [0.2, 0.25) is 6.10 Å². The molecule has 0 fully saturated rings. The van der Waals surface area contributed by atoms with Gasteiger partial charge in [-0.2, -0.15) is 0 Å². The smallest absolute Gasteiger partial charge is 0.414 e. The molecule has 0 bridgehead atoms. The van der Waals surface area contributed by atoms with Crippen LogP contribution in [-0.2, 0) is 39.1 Å². The Morgan fingerprint density at radius 2 is 1.52 bits per heavy atom. The Kier molecular flexibility index (Phi) is 12.6. The number of benzene rings is 5. The first-order valence-corrected chi connectivity index (χ1v) is 19.9. The largest absolute Gasteiger partial charge is 0.476 e. The van der Waals surface area contributed by atoms with E-state index in [-0.39, 0.29) is 36.1 Å². The number of ether oxygens (including phenoxy) is 2. The fraction of sp³-hybridized carbons (Fsp3) is 0.227. The van der Waals surface area contributed by atoms with Crippen LogP contribution in [0.4, 0.5) is 10.5 Å². The predicted molar refractivity (Wildman–Crippen MR) is 216 cm³/mol. The van der Waals surface area contributed by atoms with Gasteiger partial charge < -0.3 is 9.47 Å². The topological polar surface area (TPSA) is 137 Å². The Morgan fingerprint density at radius 1 is 0.839 bits per heavy atom. The summed E-state index contributed by atoms with van der Waals surface area (Å²) in [6.07, 6.45) is 1.05. The van der Waals surface area contributed by atoms with Gasteiger partial charge in [0.1, 0.15) is 5.75 Å². The normalized spacial score (nSPS) is 11.9. The number of hydrogen-bond acceptors (Lipinski definition) is 8. The van der Waals surface area contributed by atoms with Gasteiger partial charge in [-0.05, 0) is 65.4 Å². The molecule has 0 saturated carbocycles. The zero-order chi connectivity index (χ0) is 39.7. The van der Waals surface area contributed by atoms with Crippen molar-refractivity contribution in [2.45, 2.75) is 57.7 Å². The van der Waals surface area contributed by atoms with Gasteiger partial charge in [0.15, 0.2) is 0 Å². The molecule has 1 heterocycles. The molecule has 2 amide bonds. The third-order valence-electron chi connectivity index (χ3n) is 8.93. The van der Waals surface area contributed by atoms with Gasteiger partial charge in [-0.3, -0.25) is 19.1 Å². The summed E-state index contributed by atoms with van der Waals surface area (Å²) >= 11 is 0. The minimum atomic E-state index is -4.16. The minimum Gasteiger partial charge on any atom is -0.476 e. The molecule has 1 unspecified atom stereocenters. The molecule has 0 aliphatic carbocycles. The number of carbonyl (C=O) groups excluding carboxylic acids is 2. The van der Waals surface area contributed by atoms with E-state index in [1.165, 1.54) is 27.9 Å². The predicted octanol–water partition coefficient (Wildman–Crippen LogP) is 7.82. The van der Waals surface area contributed by atoms with Crippen molar-refractivity contribution >= 4 is 38.6 Å². The summed E-state index contributed by atoms with van der Waals surface area (Å²) in [6.45, 7) is 6.64. The number of amides is 2. The number of nitrogens with zero attached hydrogens (tertiary/aromatic N) is 3. The second-order valence-electron chi connectivity index (χ2n) is 13.8. The number of fused-ring (bicyclic) bond motifs is 1. The van der Waals surface area contributed by atoms with E-state index in [2.05, 4.69) is 9.71 Å². The minimum absolute atomic E-state index is 0.0421. The Bertz CT molecular complexity index is 2460. The van der Waals surface area contributed by atoms with E-state index in [9.17, 15) is 22.8 Å². The van der Waals surface area contributed by atoms with Gasteiger partial charge in [-0.1, -0.05) is 118 Å². The first-order valence-electron chi connectivity index (χ1n) is 18.4. The van der Waals surface area contributed by atoms with Crippen LogP contribution in [-0.4, -0.2) is 36.6 Å². The number of sulfonamides is 1. The Hall–Kier alpha value is -6.27. The van der Waals surface area contributed by atoms with Crippen LogP contribution in [0.3, 0.4) is 0 Å². The van der Waals surface area contributed by atoms with Gasteiger partial charge in [-0.15, -0.1) is 0 Å². The molecule has 56 heavy (non-hydrogen) atoms. The Balaban J connectivity index is 1.28. The fourth-order valence-electron chi connectivity index (χ4n) is 6.15. The van der Waals surface area contributed by atoms with Crippen molar-refractivity contribution in [3.8, 4) is 5.75 Å². The van der Waals surface area contributed by atoms with Crippen molar-refractivity contribution in [2.24, 2.45) is 5.92 Å². The van der Waals surface area contributed by atoms with Gasteiger partial charge >= 0.3 is 6.09 Å². The lowest BCUT2D eigenvalue weighted by Gasteiger charge is -2.23. The molecule has 1 aromatic heterocycles. The summed E-state index contributed by atoms with van der Waals surface area (Å²) in [5, 5.41) is 0.343. The van der Waals surface area contributed by atoms with Crippen molar-refractivity contribution in [3.05, 3.63) is 166 Å². The van der Waals surface area contributed by atoms with Gasteiger partial charge in [0.05, 0.1) is 41.8 Å². The molecule has 1 atom stereocenters. The third-order valence-corrected chi connectivity index (χ3v) is 10.3. The number of aryl methyl sites for hydroxylation is 1. The molecule has 11 nitrogen and oxygen atoms in total. The highest BCUT2D eigenvalue weighted by atomic mass is 32.2. The standard InChI is InChI=1S/C44H44N4O7S/c1-4-14-35-25-33(21-24-40(35)55-41(34-17-10-6-11-18-34)42(49)46-56(52,53)37-19-12-7-13-20-37)27-47-30-45-39-23-22-36(26-38(39)43(47)50)48(44(51)54-29-31(2)3)28-32-15-8-5-9-16-32/h5-13,15-26,30-31,41H,4,14,27-29H2,1-3H3,(H,46,49). The maximum atomic E-state index is 14.0. The highest BCUT2D eigenvalue weighted by molar-refractivity contribution is 7.90. The Morgan fingerprint density at radius 3 is 2.20 bits per heavy atom. The highest BCUT2D eigenvalue weighted by Gasteiger charge is 2.29. The second kappa shape index (κ2) is 17.9. The SMILES string of the molecule is CCCc1cc(Cn2cnc3ccc(N(Cc4ccccc4)C(=O)OCC(C)C)cc3c2=O)ccc1OC(C(=O)NS(=O)(=O)c1ccccc1)c1ccccc1. The summed E-state index contributed by atoms with van der Waals surface area (Å²) in [7, 11) is -4.16. The van der Waals surface area contributed by atoms with Crippen molar-refractivity contribution in [3.63, 3.8) is 0 Å². The van der Waals surface area contributed by atoms with E-state index in [0.29, 0.717) is 34.3 Å². The molecule has 0 aliphatic heterocycles. The van der Waals surface area contributed by atoms with Crippen molar-refractivity contribution < 1.29 is 27.5 Å². The van der Waals surface area contributed by atoms with Crippen molar-refractivity contribution in [1.29, 1.82) is 0 Å². The number of rotatable bonds is 15. The number of hydrogen-bond donors (Lipinski definition) is 1. The maximum absolute atomic E-state index is 14.0. The van der Waals surface area contributed by atoms with E-state index in [1.807, 2.05) is 57.2 Å². The number of anilines is 1. The van der Waals surface area contributed by atoms with Crippen LogP contribution in [0.1, 0.15) is 55.5 Å². The molecule has 0 radical (unpaired) electrons. The van der Waals surface area contributed by atoms with Crippen molar-refractivity contribution in [2.75, 3.05) is 11.5 Å². The van der Waals surface area contributed by atoms with E-state index < -0.39 is 28.1 Å². The lowest BCUT2D eigenvalue weighted by Crippen LogP contribution is -2.37. The zero-order valence-electron chi connectivity index (χ0n) is 31.5. The molecule has 0 aliphatic rings. The van der Waals surface area contributed by atoms with Gasteiger partial charge in [0.25, 0.3) is 21.5 Å². The van der Waals surface area contributed by atoms with Crippen LogP contribution in [0.5, 0.6) is 5.75 Å². The second-order valence-corrected chi connectivity index (χ2v) is 15.5. The molecule has 0 saturated heterocycles. The van der Waals surface area contributed by atoms with E-state index in [0.717, 1.165) is 23.1 Å². The molecule has 288 valence electrons. The fourth-order valence-corrected chi connectivity index (χ4v) is 7.16. The number of carbonyl (C=O) groups is 2. The van der Waals surface area contributed by atoms with Crippen LogP contribution >= 0.6 is 0 Å². The van der Waals surface area contributed by atoms with Crippen LogP contribution in [0.15, 0.2) is 143 Å². The molecule has 6 aromatic rings. The monoisotopic (exact) mass is 772 g/mol.